The van der Waals surface area contributed by atoms with Crippen molar-refractivity contribution in [2.75, 3.05) is 31.1 Å². The third-order valence-electron chi connectivity index (χ3n) is 8.06. The molecule has 2 fully saturated rings. The maximum Gasteiger partial charge on any atom is 0.245 e. The number of hydrogen-bond donors (Lipinski definition) is 2. The Labute approximate surface area is 213 Å². The molecule has 7 heteroatoms. The minimum Gasteiger partial charge on any atom is -0.344 e. The predicted octanol–water partition coefficient (Wildman–Crippen LogP) is 2.64. The first-order chi connectivity index (χ1) is 17.4. The van der Waals surface area contributed by atoms with Gasteiger partial charge in [0.15, 0.2) is 0 Å². The number of likely N-dealkylation sites (tertiary alicyclic amines) is 1. The molecule has 0 aromatic heterocycles. The molecule has 3 amide bonds. The van der Waals surface area contributed by atoms with E-state index in [1.54, 1.807) is 0 Å². The number of anilines is 1. The SMILES string of the molecule is CC1(C)C(=O)N(C2CCN(C(=O)[C@H](CCc3ccccc3)NC(=O)C3CNC3)CC2)c2ccccc21. The molecule has 0 bridgehead atoms. The quantitative estimate of drug-likeness (QED) is 0.628. The summed E-state index contributed by atoms with van der Waals surface area (Å²) in [5.74, 6) is 0.0120. The Morgan fingerprint density at radius 2 is 1.69 bits per heavy atom. The Morgan fingerprint density at radius 3 is 2.36 bits per heavy atom. The van der Waals surface area contributed by atoms with E-state index in [0.717, 1.165) is 36.1 Å². The van der Waals surface area contributed by atoms with E-state index in [-0.39, 0.29) is 29.7 Å². The summed E-state index contributed by atoms with van der Waals surface area (Å²) in [5.41, 5.74) is 2.69. The second-order valence-electron chi connectivity index (χ2n) is 10.8. The number of nitrogens with zero attached hydrogens (tertiary/aromatic N) is 2. The molecule has 1 atom stereocenters. The number of rotatable bonds is 7. The Bertz CT molecular complexity index is 1120. The summed E-state index contributed by atoms with van der Waals surface area (Å²) in [5, 5.41) is 6.17. The summed E-state index contributed by atoms with van der Waals surface area (Å²) in [4.78, 5) is 43.5. The number of hydrogen-bond acceptors (Lipinski definition) is 4. The lowest BCUT2D eigenvalue weighted by Gasteiger charge is -2.39. The van der Waals surface area contributed by atoms with E-state index in [1.165, 1.54) is 0 Å². The van der Waals surface area contributed by atoms with Crippen molar-refractivity contribution in [1.29, 1.82) is 0 Å². The van der Waals surface area contributed by atoms with Crippen molar-refractivity contribution >= 4 is 23.4 Å². The van der Waals surface area contributed by atoms with Crippen molar-refractivity contribution in [2.45, 2.75) is 57.0 Å². The van der Waals surface area contributed by atoms with E-state index < -0.39 is 11.5 Å². The zero-order chi connectivity index (χ0) is 25.3. The fraction of sp³-hybridized carbons (Fsp3) is 0.483. The highest BCUT2D eigenvalue weighted by molar-refractivity contribution is 6.08. The zero-order valence-electron chi connectivity index (χ0n) is 21.2. The number of benzene rings is 2. The molecule has 0 radical (unpaired) electrons. The molecule has 2 N–H and O–H groups in total. The Hall–Kier alpha value is -3.19. The maximum absolute atomic E-state index is 13.6. The van der Waals surface area contributed by atoms with Gasteiger partial charge in [-0.2, -0.15) is 0 Å². The fourth-order valence-electron chi connectivity index (χ4n) is 5.64. The van der Waals surface area contributed by atoms with Gasteiger partial charge in [-0.3, -0.25) is 14.4 Å². The number of nitrogens with one attached hydrogen (secondary N) is 2. The first-order valence-electron chi connectivity index (χ1n) is 13.1. The number of carbonyl (C=O) groups excluding carboxylic acids is 3. The van der Waals surface area contributed by atoms with Gasteiger partial charge in [0.25, 0.3) is 0 Å². The first kappa shape index (κ1) is 24.5. The van der Waals surface area contributed by atoms with Gasteiger partial charge in [-0.15, -0.1) is 0 Å². The van der Waals surface area contributed by atoms with Crippen LogP contribution < -0.4 is 15.5 Å². The Kier molecular flexibility index (Phi) is 6.84. The summed E-state index contributed by atoms with van der Waals surface area (Å²) in [6.45, 7) is 6.48. The topological polar surface area (TPSA) is 81.8 Å². The van der Waals surface area contributed by atoms with Crippen molar-refractivity contribution in [3.63, 3.8) is 0 Å². The number of para-hydroxylation sites is 1. The average molecular weight is 489 g/mol. The second kappa shape index (κ2) is 10.1. The van der Waals surface area contributed by atoms with Crippen LogP contribution in [0.2, 0.25) is 0 Å². The number of aryl methyl sites for hydroxylation is 1. The maximum atomic E-state index is 13.6. The molecule has 3 aliphatic rings. The largest absolute Gasteiger partial charge is 0.344 e. The van der Waals surface area contributed by atoms with Gasteiger partial charge >= 0.3 is 0 Å². The standard InChI is InChI=1S/C29H36N4O3/c1-29(2)23-10-6-7-11-25(23)33(28(29)36)22-14-16-32(17-15-22)27(35)24(31-26(34)21-18-30-19-21)13-12-20-8-4-3-5-9-20/h3-11,21-22,24,30H,12-19H2,1-2H3,(H,31,34)/t24-/m0/s1. The van der Waals surface area contributed by atoms with Crippen molar-refractivity contribution in [2.24, 2.45) is 5.92 Å². The number of carbonyl (C=O) groups is 3. The molecule has 36 heavy (non-hydrogen) atoms. The summed E-state index contributed by atoms with van der Waals surface area (Å²) in [6.07, 6.45) is 2.76. The normalized spacial score (nSPS) is 20.6. The van der Waals surface area contributed by atoms with Gasteiger partial charge in [-0.1, -0.05) is 48.5 Å². The molecule has 2 saturated heterocycles. The van der Waals surface area contributed by atoms with Crippen LogP contribution in [0, 0.1) is 5.92 Å². The summed E-state index contributed by atoms with van der Waals surface area (Å²) < 4.78 is 0. The van der Waals surface area contributed by atoms with Crippen molar-refractivity contribution in [3.05, 3.63) is 65.7 Å². The van der Waals surface area contributed by atoms with Gasteiger partial charge in [0.1, 0.15) is 6.04 Å². The number of amides is 3. The lowest BCUT2D eigenvalue weighted by Crippen LogP contribution is -2.57. The molecule has 2 aromatic rings. The average Bonchev–Trinajstić information content (AvgIpc) is 3.06. The lowest BCUT2D eigenvalue weighted by molar-refractivity contribution is -0.139. The Morgan fingerprint density at radius 1 is 1.03 bits per heavy atom. The van der Waals surface area contributed by atoms with E-state index in [4.69, 9.17) is 0 Å². The highest BCUT2D eigenvalue weighted by Crippen LogP contribution is 2.43. The number of fused-ring (bicyclic) bond motifs is 1. The minimum atomic E-state index is -0.539. The van der Waals surface area contributed by atoms with Crippen LogP contribution in [-0.2, 0) is 26.2 Å². The fourth-order valence-corrected chi connectivity index (χ4v) is 5.64. The van der Waals surface area contributed by atoms with Crippen molar-refractivity contribution < 1.29 is 14.4 Å². The van der Waals surface area contributed by atoms with Crippen LogP contribution in [0.1, 0.15) is 44.2 Å². The van der Waals surface area contributed by atoms with E-state index >= 15 is 0 Å². The van der Waals surface area contributed by atoms with Gasteiger partial charge < -0.3 is 20.4 Å². The predicted molar refractivity (Wildman–Crippen MR) is 140 cm³/mol. The lowest BCUT2D eigenvalue weighted by atomic mass is 9.86. The number of piperidine rings is 1. The smallest absolute Gasteiger partial charge is 0.245 e. The van der Waals surface area contributed by atoms with Gasteiger partial charge in [0.2, 0.25) is 17.7 Å². The third-order valence-corrected chi connectivity index (χ3v) is 8.06. The van der Waals surface area contributed by atoms with Crippen LogP contribution in [0.5, 0.6) is 0 Å². The molecule has 5 rings (SSSR count). The zero-order valence-corrected chi connectivity index (χ0v) is 21.2. The van der Waals surface area contributed by atoms with Crippen LogP contribution in [0.3, 0.4) is 0 Å². The molecule has 0 unspecified atom stereocenters. The van der Waals surface area contributed by atoms with Crippen LogP contribution in [0.15, 0.2) is 54.6 Å². The van der Waals surface area contributed by atoms with Gasteiger partial charge in [-0.25, -0.2) is 0 Å². The van der Waals surface area contributed by atoms with Crippen LogP contribution >= 0.6 is 0 Å². The van der Waals surface area contributed by atoms with E-state index in [1.807, 2.05) is 66.1 Å². The Balaban J connectivity index is 1.25. The van der Waals surface area contributed by atoms with Crippen LogP contribution in [-0.4, -0.2) is 60.9 Å². The minimum absolute atomic E-state index is 0.0153. The van der Waals surface area contributed by atoms with Crippen LogP contribution in [0.4, 0.5) is 5.69 Å². The molecule has 3 heterocycles. The molecule has 7 nitrogen and oxygen atoms in total. The molecule has 190 valence electrons. The van der Waals surface area contributed by atoms with Crippen molar-refractivity contribution in [1.82, 2.24) is 15.5 Å². The molecule has 0 saturated carbocycles. The highest BCUT2D eigenvalue weighted by atomic mass is 16.2. The molecule has 3 aliphatic heterocycles. The monoisotopic (exact) mass is 488 g/mol. The molecule has 0 spiro atoms. The second-order valence-corrected chi connectivity index (χ2v) is 10.8. The third kappa shape index (κ3) is 4.64. The van der Waals surface area contributed by atoms with Crippen LogP contribution in [0.25, 0.3) is 0 Å². The molecule has 0 aliphatic carbocycles. The van der Waals surface area contributed by atoms with Gasteiger partial charge in [0.05, 0.1) is 11.3 Å². The van der Waals surface area contributed by atoms with Crippen molar-refractivity contribution in [3.8, 4) is 0 Å². The summed E-state index contributed by atoms with van der Waals surface area (Å²) >= 11 is 0. The van der Waals surface area contributed by atoms with Gasteiger partial charge in [-0.05, 0) is 56.7 Å². The summed E-state index contributed by atoms with van der Waals surface area (Å²) in [7, 11) is 0. The van der Waals surface area contributed by atoms with E-state index in [0.29, 0.717) is 32.6 Å². The highest BCUT2D eigenvalue weighted by Gasteiger charge is 2.47. The first-order valence-corrected chi connectivity index (χ1v) is 13.1. The van der Waals surface area contributed by atoms with E-state index in [9.17, 15) is 14.4 Å². The molecule has 2 aromatic carbocycles. The molecular weight excluding hydrogens is 452 g/mol. The van der Waals surface area contributed by atoms with Gasteiger partial charge in [0, 0.05) is 37.9 Å². The van der Waals surface area contributed by atoms with E-state index in [2.05, 4.69) is 22.8 Å². The molecular formula is C29H36N4O3. The summed E-state index contributed by atoms with van der Waals surface area (Å²) in [6, 6.07) is 17.7.